The maximum absolute atomic E-state index is 12.5. The smallest absolute Gasteiger partial charge is 0.412 e. The van der Waals surface area contributed by atoms with Crippen molar-refractivity contribution in [2.45, 2.75) is 39.4 Å². The van der Waals surface area contributed by atoms with Gasteiger partial charge in [-0.25, -0.2) is 9.59 Å². The zero-order chi connectivity index (χ0) is 30.1. The molecule has 0 atom stereocenters. The number of carboxylic acid groups (broad SMARTS) is 1. The van der Waals surface area contributed by atoms with Gasteiger partial charge in [-0.3, -0.25) is 10.1 Å². The van der Waals surface area contributed by atoms with Crippen LogP contribution in [-0.2, 0) is 22.6 Å². The van der Waals surface area contributed by atoms with Crippen molar-refractivity contribution in [3.8, 4) is 17.2 Å². The molecule has 0 saturated carbocycles. The Labute approximate surface area is 244 Å². The second kappa shape index (κ2) is 13.4. The summed E-state index contributed by atoms with van der Waals surface area (Å²) in [7, 11) is 0. The van der Waals surface area contributed by atoms with Gasteiger partial charge in [0.25, 0.3) is 0 Å². The molecule has 2 amide bonds. The van der Waals surface area contributed by atoms with Crippen LogP contribution < -0.4 is 20.1 Å². The Morgan fingerprint density at radius 3 is 1.93 bits per heavy atom. The quantitative estimate of drug-likeness (QED) is 0.184. The SMILES string of the molecule is CC(C)(C)OC(=O)Nc1ccccc1COc1ccc(Oc2ccc(CC(=O)Nc3ccccc3C(=O)O)cc2)cc1. The molecule has 9 nitrogen and oxygen atoms in total. The Morgan fingerprint density at radius 1 is 0.714 bits per heavy atom. The van der Waals surface area contributed by atoms with Crippen molar-refractivity contribution in [3.63, 3.8) is 0 Å². The summed E-state index contributed by atoms with van der Waals surface area (Å²) in [4.78, 5) is 36.0. The summed E-state index contributed by atoms with van der Waals surface area (Å²) in [6, 6.07) is 27.8. The van der Waals surface area contributed by atoms with Gasteiger partial charge in [-0.1, -0.05) is 42.5 Å². The van der Waals surface area contributed by atoms with E-state index in [9.17, 15) is 19.5 Å². The molecule has 4 aromatic rings. The van der Waals surface area contributed by atoms with Gasteiger partial charge in [-0.2, -0.15) is 0 Å². The van der Waals surface area contributed by atoms with Crippen molar-refractivity contribution >= 4 is 29.3 Å². The summed E-state index contributed by atoms with van der Waals surface area (Å²) in [5.41, 5.74) is 1.84. The van der Waals surface area contributed by atoms with Gasteiger partial charge in [0.1, 0.15) is 29.5 Å². The molecule has 0 spiro atoms. The van der Waals surface area contributed by atoms with Crippen LogP contribution >= 0.6 is 0 Å². The first-order valence-electron chi connectivity index (χ1n) is 13.3. The standard InChI is InChI=1S/C33H32N2O7/c1-33(2,3)42-32(39)35-28-10-6-4-8-23(28)21-40-24-16-18-26(19-17-24)41-25-14-12-22(13-15-25)20-30(36)34-29-11-7-5-9-27(29)31(37)38/h4-19H,20-21H2,1-3H3,(H,34,36)(H,35,39)(H,37,38). The molecular weight excluding hydrogens is 536 g/mol. The Balaban J connectivity index is 1.29. The molecule has 4 aromatic carbocycles. The topological polar surface area (TPSA) is 123 Å². The van der Waals surface area contributed by atoms with Crippen LogP contribution in [0.25, 0.3) is 0 Å². The number of carbonyl (C=O) groups is 3. The first-order chi connectivity index (χ1) is 20.1. The van der Waals surface area contributed by atoms with Crippen molar-refractivity contribution in [3.05, 3.63) is 114 Å². The van der Waals surface area contributed by atoms with Gasteiger partial charge in [0.15, 0.2) is 0 Å². The highest BCUT2D eigenvalue weighted by atomic mass is 16.6. The zero-order valence-electron chi connectivity index (χ0n) is 23.5. The van der Waals surface area contributed by atoms with E-state index in [1.54, 1.807) is 93.6 Å². The number of ether oxygens (including phenoxy) is 3. The number of carbonyl (C=O) groups excluding carboxylic acids is 2. The monoisotopic (exact) mass is 568 g/mol. The number of hydrogen-bond donors (Lipinski definition) is 3. The van der Waals surface area contributed by atoms with Crippen LogP contribution in [0.15, 0.2) is 97.1 Å². The van der Waals surface area contributed by atoms with Gasteiger partial charge < -0.3 is 24.6 Å². The van der Waals surface area contributed by atoms with Crippen molar-refractivity contribution < 1.29 is 33.7 Å². The average molecular weight is 569 g/mol. The normalized spacial score (nSPS) is 10.8. The van der Waals surface area contributed by atoms with E-state index < -0.39 is 17.7 Å². The predicted molar refractivity (Wildman–Crippen MR) is 159 cm³/mol. The third-order valence-corrected chi connectivity index (χ3v) is 5.83. The maximum atomic E-state index is 12.5. The molecule has 0 saturated heterocycles. The molecule has 0 aromatic heterocycles. The van der Waals surface area contributed by atoms with Crippen molar-refractivity contribution in [2.75, 3.05) is 10.6 Å². The molecule has 0 radical (unpaired) electrons. The van der Waals surface area contributed by atoms with E-state index in [4.69, 9.17) is 14.2 Å². The summed E-state index contributed by atoms with van der Waals surface area (Å²) in [6.45, 7) is 5.65. The third kappa shape index (κ3) is 8.85. The number of anilines is 2. The Hall–Kier alpha value is -5.31. The molecule has 4 rings (SSSR count). The lowest BCUT2D eigenvalue weighted by Crippen LogP contribution is -2.27. The van der Waals surface area contributed by atoms with Crippen molar-refractivity contribution in [1.82, 2.24) is 0 Å². The second-order valence-corrected chi connectivity index (χ2v) is 10.4. The third-order valence-electron chi connectivity index (χ3n) is 5.83. The number of para-hydroxylation sites is 2. The maximum Gasteiger partial charge on any atom is 0.412 e. The Morgan fingerprint density at radius 2 is 1.29 bits per heavy atom. The molecule has 0 fully saturated rings. The van der Waals surface area contributed by atoms with E-state index in [0.29, 0.717) is 22.9 Å². The fourth-order valence-corrected chi connectivity index (χ4v) is 3.92. The van der Waals surface area contributed by atoms with Gasteiger partial charge in [-0.15, -0.1) is 0 Å². The molecule has 3 N–H and O–H groups in total. The fraction of sp³-hybridized carbons (Fsp3) is 0.182. The molecular formula is C33H32N2O7. The summed E-state index contributed by atoms with van der Waals surface area (Å²) in [6.07, 6.45) is -0.453. The van der Waals surface area contributed by atoms with E-state index >= 15 is 0 Å². The predicted octanol–water partition coefficient (Wildman–Crippen LogP) is 7.28. The minimum absolute atomic E-state index is 0.0334. The highest BCUT2D eigenvalue weighted by Crippen LogP contribution is 2.26. The van der Waals surface area contributed by atoms with Gasteiger partial charge in [0, 0.05) is 5.56 Å². The molecule has 0 aliphatic heterocycles. The molecule has 216 valence electrons. The number of hydrogen-bond acceptors (Lipinski definition) is 6. The summed E-state index contributed by atoms with van der Waals surface area (Å²) in [5.74, 6) is 0.387. The van der Waals surface area contributed by atoms with Crippen molar-refractivity contribution in [1.29, 1.82) is 0 Å². The van der Waals surface area contributed by atoms with Crippen LogP contribution in [0.4, 0.5) is 16.2 Å². The second-order valence-electron chi connectivity index (χ2n) is 10.4. The first-order valence-corrected chi connectivity index (χ1v) is 13.3. The number of nitrogens with one attached hydrogen (secondary N) is 2. The zero-order valence-corrected chi connectivity index (χ0v) is 23.5. The van der Waals surface area contributed by atoms with Crippen LogP contribution in [0.5, 0.6) is 17.2 Å². The van der Waals surface area contributed by atoms with Gasteiger partial charge in [-0.05, 0) is 80.9 Å². The molecule has 0 aliphatic carbocycles. The molecule has 0 unspecified atom stereocenters. The molecule has 0 heterocycles. The van der Waals surface area contributed by atoms with E-state index in [1.165, 1.54) is 6.07 Å². The summed E-state index contributed by atoms with van der Waals surface area (Å²) >= 11 is 0. The van der Waals surface area contributed by atoms with Crippen LogP contribution in [0.3, 0.4) is 0 Å². The molecule has 42 heavy (non-hydrogen) atoms. The Kier molecular flexibility index (Phi) is 9.44. The number of aromatic carboxylic acids is 1. The van der Waals surface area contributed by atoms with Crippen LogP contribution in [0.2, 0.25) is 0 Å². The highest BCUT2D eigenvalue weighted by molar-refractivity contribution is 6.01. The first kappa shape index (κ1) is 29.7. The van der Waals surface area contributed by atoms with E-state index in [-0.39, 0.29) is 30.2 Å². The van der Waals surface area contributed by atoms with E-state index in [0.717, 1.165) is 11.1 Å². The van der Waals surface area contributed by atoms with E-state index in [1.807, 2.05) is 18.2 Å². The lowest BCUT2D eigenvalue weighted by atomic mass is 10.1. The van der Waals surface area contributed by atoms with Crippen LogP contribution in [-0.4, -0.2) is 28.7 Å². The molecule has 0 aliphatic rings. The highest BCUT2D eigenvalue weighted by Gasteiger charge is 2.17. The number of benzene rings is 4. The minimum Gasteiger partial charge on any atom is -0.489 e. The minimum atomic E-state index is -1.11. The van der Waals surface area contributed by atoms with Gasteiger partial charge in [0.2, 0.25) is 5.91 Å². The molecule has 9 heteroatoms. The molecule has 0 bridgehead atoms. The van der Waals surface area contributed by atoms with E-state index in [2.05, 4.69) is 10.6 Å². The van der Waals surface area contributed by atoms with Crippen LogP contribution in [0.1, 0.15) is 42.3 Å². The van der Waals surface area contributed by atoms with Gasteiger partial charge in [0.05, 0.1) is 23.4 Å². The Bertz CT molecular complexity index is 1540. The number of carboxylic acids is 1. The van der Waals surface area contributed by atoms with Gasteiger partial charge >= 0.3 is 12.1 Å². The number of amides is 2. The summed E-state index contributed by atoms with van der Waals surface area (Å²) in [5, 5.41) is 14.7. The fourth-order valence-electron chi connectivity index (χ4n) is 3.92. The summed E-state index contributed by atoms with van der Waals surface area (Å²) < 4.78 is 17.2. The lowest BCUT2D eigenvalue weighted by molar-refractivity contribution is -0.115. The largest absolute Gasteiger partial charge is 0.489 e. The van der Waals surface area contributed by atoms with Crippen molar-refractivity contribution in [2.24, 2.45) is 0 Å². The average Bonchev–Trinajstić information content (AvgIpc) is 2.93. The lowest BCUT2D eigenvalue weighted by Gasteiger charge is -2.20. The van der Waals surface area contributed by atoms with Crippen LogP contribution in [0, 0.1) is 0 Å². The number of rotatable bonds is 10.